The standard InChI is InChI=1S/C14H10FNO/c15-13-8-4-7-12(14(13)17-10-9-16)11-5-2-1-3-6-11/h1-8H,10H2. The van der Waals surface area contributed by atoms with E-state index in [4.69, 9.17) is 10.00 Å². The van der Waals surface area contributed by atoms with E-state index in [0.717, 1.165) is 5.56 Å². The third-order valence-electron chi connectivity index (χ3n) is 2.33. The monoisotopic (exact) mass is 227 g/mol. The Hall–Kier alpha value is -2.34. The minimum absolute atomic E-state index is 0.125. The summed E-state index contributed by atoms with van der Waals surface area (Å²) in [6, 6.07) is 15.9. The van der Waals surface area contributed by atoms with Crippen molar-refractivity contribution in [1.82, 2.24) is 0 Å². The van der Waals surface area contributed by atoms with Crippen molar-refractivity contribution in [2.45, 2.75) is 0 Å². The molecule has 0 unspecified atom stereocenters. The molecule has 0 N–H and O–H groups in total. The first kappa shape index (κ1) is 11.2. The van der Waals surface area contributed by atoms with Crippen LogP contribution in [0.3, 0.4) is 0 Å². The predicted molar refractivity (Wildman–Crippen MR) is 62.9 cm³/mol. The van der Waals surface area contributed by atoms with Gasteiger partial charge in [-0.05, 0) is 11.6 Å². The number of nitriles is 1. The van der Waals surface area contributed by atoms with E-state index in [-0.39, 0.29) is 12.4 Å². The highest BCUT2D eigenvalue weighted by molar-refractivity contribution is 5.70. The molecular formula is C14H10FNO. The zero-order chi connectivity index (χ0) is 12.1. The van der Waals surface area contributed by atoms with Gasteiger partial charge in [-0.25, -0.2) is 4.39 Å². The topological polar surface area (TPSA) is 33.0 Å². The molecule has 0 spiro atoms. The van der Waals surface area contributed by atoms with E-state index < -0.39 is 5.82 Å². The molecule has 2 nitrogen and oxygen atoms in total. The molecule has 84 valence electrons. The Bertz CT molecular complexity index is 546. The lowest BCUT2D eigenvalue weighted by molar-refractivity contribution is 0.348. The van der Waals surface area contributed by atoms with Gasteiger partial charge in [-0.2, -0.15) is 5.26 Å². The van der Waals surface area contributed by atoms with Crippen molar-refractivity contribution in [2.75, 3.05) is 6.61 Å². The predicted octanol–water partition coefficient (Wildman–Crippen LogP) is 3.40. The van der Waals surface area contributed by atoms with Gasteiger partial charge in [0.1, 0.15) is 6.07 Å². The largest absolute Gasteiger partial charge is 0.475 e. The number of nitrogens with zero attached hydrogens (tertiary/aromatic N) is 1. The molecule has 2 aromatic rings. The molecule has 0 atom stereocenters. The van der Waals surface area contributed by atoms with Crippen LogP contribution in [0.25, 0.3) is 11.1 Å². The Morgan fingerprint density at radius 3 is 2.53 bits per heavy atom. The fourth-order valence-corrected chi connectivity index (χ4v) is 1.61. The molecule has 2 rings (SSSR count). The molecule has 0 aliphatic carbocycles. The van der Waals surface area contributed by atoms with Crippen molar-refractivity contribution < 1.29 is 9.13 Å². The van der Waals surface area contributed by atoms with Crippen LogP contribution in [0.4, 0.5) is 4.39 Å². The van der Waals surface area contributed by atoms with Gasteiger partial charge in [0, 0.05) is 5.56 Å². The van der Waals surface area contributed by atoms with Gasteiger partial charge >= 0.3 is 0 Å². The molecule has 0 radical (unpaired) electrons. The van der Waals surface area contributed by atoms with Crippen LogP contribution in [-0.2, 0) is 0 Å². The molecule has 0 aliphatic rings. The number of rotatable bonds is 3. The SMILES string of the molecule is N#CCOc1c(F)cccc1-c1ccccc1. The van der Waals surface area contributed by atoms with Gasteiger partial charge in [-0.15, -0.1) is 0 Å². The van der Waals surface area contributed by atoms with Crippen molar-refractivity contribution in [3.63, 3.8) is 0 Å². The van der Waals surface area contributed by atoms with Gasteiger partial charge in [-0.3, -0.25) is 0 Å². The summed E-state index contributed by atoms with van der Waals surface area (Å²) >= 11 is 0. The first-order valence-corrected chi connectivity index (χ1v) is 5.16. The Kier molecular flexibility index (Phi) is 3.37. The highest BCUT2D eigenvalue weighted by atomic mass is 19.1. The van der Waals surface area contributed by atoms with Crippen molar-refractivity contribution >= 4 is 0 Å². The summed E-state index contributed by atoms with van der Waals surface area (Å²) in [6.45, 7) is -0.166. The fraction of sp³-hybridized carbons (Fsp3) is 0.0714. The number of para-hydroxylation sites is 1. The molecule has 0 bridgehead atoms. The molecule has 17 heavy (non-hydrogen) atoms. The summed E-state index contributed by atoms with van der Waals surface area (Å²) in [4.78, 5) is 0. The highest BCUT2D eigenvalue weighted by Crippen LogP contribution is 2.32. The van der Waals surface area contributed by atoms with Crippen LogP contribution in [-0.4, -0.2) is 6.61 Å². The van der Waals surface area contributed by atoms with Crippen LogP contribution in [0.15, 0.2) is 48.5 Å². The Balaban J connectivity index is 2.47. The minimum Gasteiger partial charge on any atom is -0.475 e. The van der Waals surface area contributed by atoms with E-state index in [0.29, 0.717) is 5.56 Å². The second-order valence-corrected chi connectivity index (χ2v) is 3.43. The molecule has 0 saturated carbocycles. The number of ether oxygens (including phenoxy) is 1. The van der Waals surface area contributed by atoms with Crippen LogP contribution < -0.4 is 4.74 Å². The molecule has 3 heteroatoms. The summed E-state index contributed by atoms with van der Waals surface area (Å²) in [5, 5.41) is 8.48. The minimum atomic E-state index is -0.457. The van der Waals surface area contributed by atoms with Crippen molar-refractivity contribution in [2.24, 2.45) is 0 Å². The van der Waals surface area contributed by atoms with Gasteiger partial charge in [0.2, 0.25) is 0 Å². The van der Waals surface area contributed by atoms with E-state index in [9.17, 15) is 4.39 Å². The summed E-state index contributed by atoms with van der Waals surface area (Å²) in [5.41, 5.74) is 1.51. The summed E-state index contributed by atoms with van der Waals surface area (Å²) in [5.74, 6) is -0.332. The second kappa shape index (κ2) is 5.13. The Morgan fingerprint density at radius 2 is 1.82 bits per heavy atom. The average Bonchev–Trinajstić information content (AvgIpc) is 2.38. The smallest absolute Gasteiger partial charge is 0.174 e. The number of benzene rings is 2. The quantitative estimate of drug-likeness (QED) is 0.805. The summed E-state index contributed by atoms with van der Waals surface area (Å²) in [6.07, 6.45) is 0. The molecule has 0 aromatic heterocycles. The number of hydrogen-bond donors (Lipinski definition) is 0. The first-order chi connectivity index (χ1) is 8.33. The molecule has 0 aliphatic heterocycles. The van der Waals surface area contributed by atoms with E-state index in [1.54, 1.807) is 12.1 Å². The molecule has 0 fully saturated rings. The van der Waals surface area contributed by atoms with Gasteiger partial charge in [0.05, 0.1) is 0 Å². The van der Waals surface area contributed by atoms with Gasteiger partial charge in [-0.1, -0.05) is 42.5 Å². The van der Waals surface area contributed by atoms with Crippen LogP contribution in [0.2, 0.25) is 0 Å². The average molecular weight is 227 g/mol. The lowest BCUT2D eigenvalue weighted by Gasteiger charge is -2.10. The maximum absolute atomic E-state index is 13.6. The lowest BCUT2D eigenvalue weighted by Crippen LogP contribution is -1.98. The van der Waals surface area contributed by atoms with E-state index in [1.165, 1.54) is 6.07 Å². The molecule has 2 aromatic carbocycles. The normalized spacial score (nSPS) is 9.65. The zero-order valence-corrected chi connectivity index (χ0v) is 9.06. The third kappa shape index (κ3) is 2.43. The third-order valence-corrected chi connectivity index (χ3v) is 2.33. The van der Waals surface area contributed by atoms with E-state index in [1.807, 2.05) is 36.4 Å². The van der Waals surface area contributed by atoms with Gasteiger partial charge in [0.15, 0.2) is 18.2 Å². The van der Waals surface area contributed by atoms with E-state index >= 15 is 0 Å². The van der Waals surface area contributed by atoms with Crippen molar-refractivity contribution in [3.05, 3.63) is 54.3 Å². The van der Waals surface area contributed by atoms with Crippen LogP contribution in [0.5, 0.6) is 5.75 Å². The molecular weight excluding hydrogens is 217 g/mol. The van der Waals surface area contributed by atoms with Crippen molar-refractivity contribution in [1.29, 1.82) is 5.26 Å². The van der Waals surface area contributed by atoms with Crippen LogP contribution in [0, 0.1) is 17.1 Å². The maximum atomic E-state index is 13.6. The molecule has 0 heterocycles. The molecule has 0 saturated heterocycles. The number of hydrogen-bond acceptors (Lipinski definition) is 2. The van der Waals surface area contributed by atoms with Crippen LogP contribution in [0.1, 0.15) is 0 Å². The summed E-state index contributed by atoms with van der Waals surface area (Å²) < 4.78 is 18.8. The lowest BCUT2D eigenvalue weighted by atomic mass is 10.0. The summed E-state index contributed by atoms with van der Waals surface area (Å²) in [7, 11) is 0. The van der Waals surface area contributed by atoms with Gasteiger partial charge in [0.25, 0.3) is 0 Å². The molecule has 0 amide bonds. The number of halogens is 1. The van der Waals surface area contributed by atoms with Crippen LogP contribution >= 0.6 is 0 Å². The fourth-order valence-electron chi connectivity index (χ4n) is 1.61. The zero-order valence-electron chi connectivity index (χ0n) is 9.06. The van der Waals surface area contributed by atoms with E-state index in [2.05, 4.69) is 0 Å². The maximum Gasteiger partial charge on any atom is 0.174 e. The highest BCUT2D eigenvalue weighted by Gasteiger charge is 2.10. The van der Waals surface area contributed by atoms with Gasteiger partial charge < -0.3 is 4.74 Å². The first-order valence-electron chi connectivity index (χ1n) is 5.16. The van der Waals surface area contributed by atoms with Crippen molar-refractivity contribution in [3.8, 4) is 22.9 Å². The second-order valence-electron chi connectivity index (χ2n) is 3.43. The Labute approximate surface area is 98.9 Å². The Morgan fingerprint density at radius 1 is 1.06 bits per heavy atom.